The maximum Gasteiger partial charge on any atom is 0.214 e. The lowest BCUT2D eigenvalue weighted by molar-refractivity contribution is 0.203. The third-order valence-electron chi connectivity index (χ3n) is 4.47. The Labute approximate surface area is 121 Å². The van der Waals surface area contributed by atoms with Gasteiger partial charge in [-0.3, -0.25) is 0 Å². The summed E-state index contributed by atoms with van der Waals surface area (Å²) in [5, 5.41) is 0. The summed E-state index contributed by atoms with van der Waals surface area (Å²) in [6.07, 6.45) is 8.84. The highest BCUT2D eigenvalue weighted by atomic mass is 32.2. The quantitative estimate of drug-likeness (QED) is 0.794. The average Bonchev–Trinajstić information content (AvgIpc) is 2.29. The maximum atomic E-state index is 12.4. The summed E-state index contributed by atoms with van der Waals surface area (Å²) in [7, 11) is -3.19. The van der Waals surface area contributed by atoms with E-state index in [1.807, 2.05) is 0 Å². The van der Waals surface area contributed by atoms with E-state index in [9.17, 15) is 8.42 Å². The highest BCUT2D eigenvalue weighted by Gasteiger charge is 2.46. The Morgan fingerprint density at radius 2 is 1.58 bits per heavy atom. The molecule has 1 aliphatic carbocycles. The van der Waals surface area contributed by atoms with Crippen molar-refractivity contribution in [2.75, 3.05) is 12.3 Å². The lowest BCUT2D eigenvalue weighted by Gasteiger charge is -2.45. The van der Waals surface area contributed by atoms with Crippen molar-refractivity contribution in [1.29, 1.82) is 0 Å². The monoisotopic (exact) mass is 304 g/mol. The van der Waals surface area contributed by atoms with Gasteiger partial charge in [0.05, 0.1) is 16.3 Å². The number of thiocarbonyl (C=S) groups is 1. The second kappa shape index (κ2) is 6.06. The molecule has 0 bridgehead atoms. The van der Waals surface area contributed by atoms with Crippen LogP contribution in [0.5, 0.6) is 0 Å². The van der Waals surface area contributed by atoms with Gasteiger partial charge >= 0.3 is 0 Å². The van der Waals surface area contributed by atoms with Crippen molar-refractivity contribution >= 4 is 27.2 Å². The largest absolute Gasteiger partial charge is 0.392 e. The summed E-state index contributed by atoms with van der Waals surface area (Å²) in [6.45, 7) is 0.583. The van der Waals surface area contributed by atoms with E-state index >= 15 is 0 Å². The molecule has 0 aromatic rings. The van der Waals surface area contributed by atoms with Crippen LogP contribution in [0.2, 0.25) is 0 Å². The molecule has 4 nitrogen and oxygen atoms in total. The van der Waals surface area contributed by atoms with Crippen LogP contribution < -0.4 is 5.73 Å². The number of sulfonamides is 1. The van der Waals surface area contributed by atoms with E-state index in [4.69, 9.17) is 18.0 Å². The average molecular weight is 304 g/mol. The Morgan fingerprint density at radius 1 is 1.00 bits per heavy atom. The number of nitrogens with two attached hydrogens (primary N) is 1. The van der Waals surface area contributed by atoms with Crippen LogP contribution in [0.15, 0.2) is 0 Å². The van der Waals surface area contributed by atoms with E-state index in [1.54, 1.807) is 4.31 Å². The summed E-state index contributed by atoms with van der Waals surface area (Å²) in [6, 6.07) is 0. The van der Waals surface area contributed by atoms with Gasteiger partial charge in [-0.1, -0.05) is 44.3 Å². The number of rotatable bonds is 2. The van der Waals surface area contributed by atoms with Gasteiger partial charge in [0.25, 0.3) is 0 Å². The van der Waals surface area contributed by atoms with Crippen molar-refractivity contribution in [3.63, 3.8) is 0 Å². The van der Waals surface area contributed by atoms with E-state index in [-0.39, 0.29) is 5.75 Å². The minimum Gasteiger partial charge on any atom is -0.392 e. The SMILES string of the molecule is NC(=S)C1(N2CCCCS2(=O)=O)CCCCCCC1. The molecule has 1 saturated heterocycles. The van der Waals surface area contributed by atoms with E-state index in [1.165, 1.54) is 6.42 Å². The fraction of sp³-hybridized carbons (Fsp3) is 0.923. The molecule has 0 atom stereocenters. The first-order valence-electron chi connectivity index (χ1n) is 7.29. The molecule has 6 heteroatoms. The first-order valence-corrected chi connectivity index (χ1v) is 9.31. The zero-order valence-electron chi connectivity index (χ0n) is 11.4. The zero-order chi connectivity index (χ0) is 13.9. The van der Waals surface area contributed by atoms with Crippen molar-refractivity contribution in [3.8, 4) is 0 Å². The molecule has 1 heterocycles. The lowest BCUT2D eigenvalue weighted by Crippen LogP contribution is -2.60. The van der Waals surface area contributed by atoms with Gasteiger partial charge in [-0.15, -0.1) is 0 Å². The normalized spacial score (nSPS) is 28.2. The fourth-order valence-electron chi connectivity index (χ4n) is 3.38. The number of hydrogen-bond acceptors (Lipinski definition) is 3. The lowest BCUT2D eigenvalue weighted by atomic mass is 9.83. The minimum absolute atomic E-state index is 0.247. The molecule has 1 saturated carbocycles. The molecule has 0 amide bonds. The van der Waals surface area contributed by atoms with Crippen LogP contribution in [0.3, 0.4) is 0 Å². The topological polar surface area (TPSA) is 63.4 Å². The van der Waals surface area contributed by atoms with Gasteiger partial charge in [-0.05, 0) is 25.7 Å². The standard InChI is InChI=1S/C13H24N2O2S2/c14-12(18)13(8-4-2-1-3-5-9-13)15-10-6-7-11-19(15,16)17/h1-11H2,(H2,14,18). The summed E-state index contributed by atoms with van der Waals surface area (Å²) in [4.78, 5) is 0.375. The second-order valence-electron chi connectivity index (χ2n) is 5.76. The van der Waals surface area contributed by atoms with Crippen molar-refractivity contribution < 1.29 is 8.42 Å². The van der Waals surface area contributed by atoms with Crippen molar-refractivity contribution in [1.82, 2.24) is 4.31 Å². The number of hydrogen-bond donors (Lipinski definition) is 1. The van der Waals surface area contributed by atoms with Crippen LogP contribution in [0.4, 0.5) is 0 Å². The molecule has 0 radical (unpaired) electrons. The van der Waals surface area contributed by atoms with Gasteiger partial charge in [0, 0.05) is 6.54 Å². The second-order valence-corrected chi connectivity index (χ2v) is 8.21. The van der Waals surface area contributed by atoms with Gasteiger partial charge in [0.15, 0.2) is 0 Å². The summed E-state index contributed by atoms with van der Waals surface area (Å²) < 4.78 is 26.4. The molecule has 2 fully saturated rings. The van der Waals surface area contributed by atoms with Gasteiger partial charge < -0.3 is 5.73 Å². The van der Waals surface area contributed by atoms with Crippen LogP contribution in [0.25, 0.3) is 0 Å². The predicted molar refractivity (Wildman–Crippen MR) is 81.6 cm³/mol. The van der Waals surface area contributed by atoms with Crippen LogP contribution >= 0.6 is 12.2 Å². The third kappa shape index (κ3) is 3.11. The van der Waals surface area contributed by atoms with E-state index < -0.39 is 15.6 Å². The molecular formula is C13H24N2O2S2. The first kappa shape index (κ1) is 15.2. The zero-order valence-corrected chi connectivity index (χ0v) is 13.1. The molecule has 2 aliphatic rings. The van der Waals surface area contributed by atoms with Gasteiger partial charge in [0.1, 0.15) is 0 Å². The highest BCUT2D eigenvalue weighted by molar-refractivity contribution is 7.89. The van der Waals surface area contributed by atoms with Gasteiger partial charge in [-0.25, -0.2) is 8.42 Å². The molecule has 19 heavy (non-hydrogen) atoms. The molecular weight excluding hydrogens is 280 g/mol. The summed E-state index contributed by atoms with van der Waals surface area (Å²) in [5.41, 5.74) is 5.41. The predicted octanol–water partition coefficient (Wildman–Crippen LogP) is 2.18. The molecule has 110 valence electrons. The number of nitrogens with zero attached hydrogens (tertiary/aromatic N) is 1. The molecule has 0 aromatic carbocycles. The Hall–Kier alpha value is -0.200. The molecule has 0 unspecified atom stereocenters. The van der Waals surface area contributed by atoms with Crippen molar-refractivity contribution in [3.05, 3.63) is 0 Å². The molecule has 1 aliphatic heterocycles. The van der Waals surface area contributed by atoms with Crippen LogP contribution in [-0.4, -0.2) is 35.5 Å². The maximum absolute atomic E-state index is 12.4. The highest BCUT2D eigenvalue weighted by Crippen LogP contribution is 2.36. The molecule has 2 N–H and O–H groups in total. The van der Waals surface area contributed by atoms with Crippen LogP contribution in [0.1, 0.15) is 57.8 Å². The first-order chi connectivity index (χ1) is 8.99. The van der Waals surface area contributed by atoms with Crippen LogP contribution in [0, 0.1) is 0 Å². The fourth-order valence-corrected chi connectivity index (χ4v) is 5.76. The minimum atomic E-state index is -3.19. The molecule has 2 rings (SSSR count). The Morgan fingerprint density at radius 3 is 2.11 bits per heavy atom. The Balaban J connectivity index is 2.33. The van der Waals surface area contributed by atoms with Gasteiger partial charge in [0.2, 0.25) is 10.0 Å². The summed E-state index contributed by atoms with van der Waals surface area (Å²) in [5.74, 6) is 0.247. The smallest absolute Gasteiger partial charge is 0.214 e. The van der Waals surface area contributed by atoms with E-state index in [2.05, 4.69) is 0 Å². The summed E-state index contributed by atoms with van der Waals surface area (Å²) >= 11 is 5.29. The van der Waals surface area contributed by atoms with Gasteiger partial charge in [-0.2, -0.15) is 4.31 Å². The van der Waals surface area contributed by atoms with E-state index in [0.29, 0.717) is 11.5 Å². The Kier molecular flexibility index (Phi) is 4.84. The van der Waals surface area contributed by atoms with E-state index in [0.717, 1.165) is 51.4 Å². The van der Waals surface area contributed by atoms with Crippen LogP contribution in [-0.2, 0) is 10.0 Å². The Bertz CT molecular complexity index is 426. The van der Waals surface area contributed by atoms with Crippen molar-refractivity contribution in [2.45, 2.75) is 63.3 Å². The molecule has 0 aromatic heterocycles. The van der Waals surface area contributed by atoms with Crippen molar-refractivity contribution in [2.24, 2.45) is 5.73 Å². The molecule has 0 spiro atoms. The third-order valence-corrected chi connectivity index (χ3v) is 6.85.